The third-order valence-corrected chi connectivity index (χ3v) is 3.52. The Morgan fingerprint density at radius 2 is 1.57 bits per heavy atom. The van der Waals surface area contributed by atoms with E-state index in [1.54, 1.807) is 44.2 Å². The van der Waals surface area contributed by atoms with Gasteiger partial charge in [0.15, 0.2) is 0 Å². The van der Waals surface area contributed by atoms with Gasteiger partial charge in [0.1, 0.15) is 5.75 Å². The number of hydrogen-bond donors (Lipinski definition) is 1. The van der Waals surface area contributed by atoms with Gasteiger partial charge in [0.2, 0.25) is 0 Å². The average molecular weight is 324 g/mol. The summed E-state index contributed by atoms with van der Waals surface area (Å²) in [6.07, 6.45) is -4.76. The van der Waals surface area contributed by atoms with Gasteiger partial charge >= 0.3 is 12.3 Å². The van der Waals surface area contributed by atoms with E-state index < -0.39 is 17.7 Å². The molecule has 2 aromatic carbocycles. The normalized spacial score (nSPS) is 12.0. The molecule has 2 aromatic rings. The fourth-order valence-corrected chi connectivity index (χ4v) is 2.08. The van der Waals surface area contributed by atoms with Gasteiger partial charge in [-0.1, -0.05) is 36.4 Å². The minimum atomic E-state index is -4.76. The molecule has 0 radical (unpaired) electrons. The number of carboxylic acid groups (broad SMARTS) is 1. The lowest BCUT2D eigenvalue weighted by Gasteiger charge is -2.20. The van der Waals surface area contributed by atoms with Gasteiger partial charge in [0.25, 0.3) is 0 Å². The molecule has 0 bridgehead atoms. The lowest BCUT2D eigenvalue weighted by atomic mass is 9.83. The first-order chi connectivity index (χ1) is 10.6. The van der Waals surface area contributed by atoms with Crippen LogP contribution in [0.15, 0.2) is 48.5 Å². The summed E-state index contributed by atoms with van der Waals surface area (Å²) in [6.45, 7) is 3.13. The van der Waals surface area contributed by atoms with E-state index in [1.807, 2.05) is 0 Å². The highest BCUT2D eigenvalue weighted by atomic mass is 19.4. The second-order valence-electron chi connectivity index (χ2n) is 5.59. The maximum Gasteiger partial charge on any atom is 0.573 e. The van der Waals surface area contributed by atoms with Crippen molar-refractivity contribution < 1.29 is 27.8 Å². The third-order valence-electron chi connectivity index (χ3n) is 3.52. The van der Waals surface area contributed by atoms with Crippen molar-refractivity contribution in [2.45, 2.75) is 25.6 Å². The molecule has 0 aromatic heterocycles. The first kappa shape index (κ1) is 16.9. The summed E-state index contributed by atoms with van der Waals surface area (Å²) in [6, 6.07) is 12.3. The molecule has 0 aliphatic rings. The highest BCUT2D eigenvalue weighted by molar-refractivity contribution is 5.81. The van der Waals surface area contributed by atoms with E-state index in [9.17, 15) is 23.1 Å². The largest absolute Gasteiger partial charge is 0.573 e. The van der Waals surface area contributed by atoms with Crippen LogP contribution < -0.4 is 4.74 Å². The van der Waals surface area contributed by atoms with Crippen molar-refractivity contribution in [1.82, 2.24) is 0 Å². The van der Waals surface area contributed by atoms with Crippen molar-refractivity contribution in [1.29, 1.82) is 0 Å². The maximum atomic E-state index is 12.3. The van der Waals surface area contributed by atoms with Crippen molar-refractivity contribution in [3.05, 3.63) is 54.1 Å². The highest BCUT2D eigenvalue weighted by Crippen LogP contribution is 2.31. The number of hydrogen-bond acceptors (Lipinski definition) is 2. The van der Waals surface area contributed by atoms with Gasteiger partial charge in [0.05, 0.1) is 5.41 Å². The van der Waals surface area contributed by atoms with Crippen molar-refractivity contribution in [3.63, 3.8) is 0 Å². The molecule has 6 heteroatoms. The molecule has 0 fully saturated rings. The van der Waals surface area contributed by atoms with Crippen LogP contribution in [0.3, 0.4) is 0 Å². The molecule has 0 amide bonds. The second-order valence-corrected chi connectivity index (χ2v) is 5.59. The molecule has 23 heavy (non-hydrogen) atoms. The predicted molar refractivity (Wildman–Crippen MR) is 79.2 cm³/mol. The molecule has 0 atom stereocenters. The van der Waals surface area contributed by atoms with Crippen LogP contribution >= 0.6 is 0 Å². The van der Waals surface area contributed by atoms with Gasteiger partial charge in [-0.3, -0.25) is 4.79 Å². The summed E-state index contributed by atoms with van der Waals surface area (Å²) in [4.78, 5) is 11.3. The number of aliphatic carboxylic acids is 1. The smallest absolute Gasteiger partial charge is 0.481 e. The van der Waals surface area contributed by atoms with Crippen LogP contribution in [0, 0.1) is 0 Å². The monoisotopic (exact) mass is 324 g/mol. The number of rotatable bonds is 4. The molecule has 3 nitrogen and oxygen atoms in total. The molecule has 0 saturated heterocycles. The zero-order chi connectivity index (χ0) is 17.3. The van der Waals surface area contributed by atoms with Gasteiger partial charge in [-0.05, 0) is 42.7 Å². The Kier molecular flexibility index (Phi) is 4.36. The van der Waals surface area contributed by atoms with E-state index in [4.69, 9.17) is 0 Å². The third kappa shape index (κ3) is 4.03. The molecule has 0 aliphatic heterocycles. The fraction of sp³-hybridized carbons (Fsp3) is 0.235. The molecule has 0 spiro atoms. The van der Waals surface area contributed by atoms with Gasteiger partial charge in [0, 0.05) is 0 Å². The first-order valence-electron chi connectivity index (χ1n) is 6.80. The van der Waals surface area contributed by atoms with Crippen LogP contribution in [0.4, 0.5) is 13.2 Å². The van der Waals surface area contributed by atoms with Crippen LogP contribution in [0.1, 0.15) is 19.4 Å². The van der Waals surface area contributed by atoms with Gasteiger partial charge < -0.3 is 9.84 Å². The quantitative estimate of drug-likeness (QED) is 0.893. The molecule has 2 rings (SSSR count). The van der Waals surface area contributed by atoms with Gasteiger partial charge in [-0.2, -0.15) is 0 Å². The minimum absolute atomic E-state index is 0.321. The van der Waals surface area contributed by atoms with E-state index in [0.29, 0.717) is 16.7 Å². The molecule has 0 unspecified atom stereocenters. The Labute approximate surface area is 131 Å². The van der Waals surface area contributed by atoms with E-state index >= 15 is 0 Å². The number of alkyl halides is 3. The standard InChI is InChI=1S/C17H15F3O3/c1-16(2,15(21)22)13-7-3-5-11(9-13)12-6-4-8-14(10-12)23-17(18,19)20/h3-10H,1-2H3,(H,21,22). The van der Waals surface area contributed by atoms with E-state index in [2.05, 4.69) is 4.74 Å². The summed E-state index contributed by atoms with van der Waals surface area (Å²) in [5.74, 6) is -1.30. The van der Waals surface area contributed by atoms with Crippen molar-refractivity contribution >= 4 is 5.97 Å². The van der Waals surface area contributed by atoms with Gasteiger partial charge in [-0.25, -0.2) is 0 Å². The van der Waals surface area contributed by atoms with Crippen molar-refractivity contribution in [3.8, 4) is 16.9 Å². The Hall–Kier alpha value is -2.50. The van der Waals surface area contributed by atoms with Crippen LogP contribution in [0.5, 0.6) is 5.75 Å². The first-order valence-corrected chi connectivity index (χ1v) is 6.80. The number of ether oxygens (including phenoxy) is 1. The Morgan fingerprint density at radius 1 is 1.00 bits per heavy atom. The second kappa shape index (κ2) is 5.95. The van der Waals surface area contributed by atoms with Crippen LogP contribution in [-0.2, 0) is 10.2 Å². The van der Waals surface area contributed by atoms with E-state index in [0.717, 1.165) is 0 Å². The molecular weight excluding hydrogens is 309 g/mol. The van der Waals surface area contributed by atoms with Crippen molar-refractivity contribution in [2.24, 2.45) is 0 Å². The predicted octanol–water partition coefficient (Wildman–Crippen LogP) is 4.61. The van der Waals surface area contributed by atoms with Crippen LogP contribution in [0.2, 0.25) is 0 Å². The lowest BCUT2D eigenvalue weighted by molar-refractivity contribution is -0.274. The molecule has 1 N–H and O–H groups in total. The summed E-state index contributed by atoms with van der Waals surface area (Å²) in [5, 5.41) is 9.28. The molecule has 122 valence electrons. The van der Waals surface area contributed by atoms with E-state index in [1.165, 1.54) is 18.2 Å². The average Bonchev–Trinajstić information content (AvgIpc) is 2.45. The van der Waals surface area contributed by atoms with Crippen LogP contribution in [0.25, 0.3) is 11.1 Å². The molecule has 0 aliphatic carbocycles. The molecule has 0 heterocycles. The number of carbonyl (C=O) groups is 1. The highest BCUT2D eigenvalue weighted by Gasteiger charge is 2.31. The maximum absolute atomic E-state index is 12.3. The van der Waals surface area contributed by atoms with Gasteiger partial charge in [-0.15, -0.1) is 13.2 Å². The number of benzene rings is 2. The van der Waals surface area contributed by atoms with E-state index in [-0.39, 0.29) is 5.75 Å². The van der Waals surface area contributed by atoms with Crippen molar-refractivity contribution in [2.75, 3.05) is 0 Å². The Bertz CT molecular complexity index is 721. The number of carboxylic acids is 1. The topological polar surface area (TPSA) is 46.5 Å². The van der Waals surface area contributed by atoms with Crippen LogP contribution in [-0.4, -0.2) is 17.4 Å². The lowest BCUT2D eigenvalue weighted by Crippen LogP contribution is -2.28. The zero-order valence-corrected chi connectivity index (χ0v) is 12.5. The molecular formula is C17H15F3O3. The Morgan fingerprint density at radius 3 is 2.13 bits per heavy atom. The SMILES string of the molecule is CC(C)(C(=O)O)c1cccc(-c2cccc(OC(F)(F)F)c2)c1. The fourth-order valence-electron chi connectivity index (χ4n) is 2.08. The summed E-state index contributed by atoms with van der Waals surface area (Å²) >= 11 is 0. The zero-order valence-electron chi connectivity index (χ0n) is 12.5. The summed E-state index contributed by atoms with van der Waals surface area (Å²) in [5.41, 5.74) is 0.583. The summed E-state index contributed by atoms with van der Waals surface area (Å²) < 4.78 is 40.8. The summed E-state index contributed by atoms with van der Waals surface area (Å²) in [7, 11) is 0. The number of halogens is 3. The Balaban J connectivity index is 2.40. The molecule has 0 saturated carbocycles. The minimum Gasteiger partial charge on any atom is -0.481 e.